The van der Waals surface area contributed by atoms with Gasteiger partial charge in [-0.3, -0.25) is 9.69 Å². The number of fused-ring (bicyclic) bond motifs is 1. The van der Waals surface area contributed by atoms with Crippen molar-refractivity contribution in [2.45, 2.75) is 32.4 Å². The van der Waals surface area contributed by atoms with E-state index in [0.29, 0.717) is 13.0 Å². The highest BCUT2D eigenvalue weighted by Gasteiger charge is 2.18. The van der Waals surface area contributed by atoms with Crippen LogP contribution in [-0.4, -0.2) is 42.0 Å². The van der Waals surface area contributed by atoms with Crippen molar-refractivity contribution in [2.24, 2.45) is 0 Å². The van der Waals surface area contributed by atoms with Gasteiger partial charge in [-0.1, -0.05) is 60.7 Å². The molecule has 0 bridgehead atoms. The van der Waals surface area contributed by atoms with Gasteiger partial charge in [-0.2, -0.15) is 0 Å². The Bertz CT molecular complexity index is 1240. The van der Waals surface area contributed by atoms with Gasteiger partial charge in [0.05, 0.1) is 0 Å². The largest absolute Gasteiger partial charge is 0.369 e. The molecule has 180 valence electrons. The van der Waals surface area contributed by atoms with E-state index in [9.17, 15) is 4.79 Å². The lowest BCUT2D eigenvalue weighted by atomic mass is 10.1. The number of benzene rings is 3. The van der Waals surface area contributed by atoms with Crippen LogP contribution in [-0.2, 0) is 24.3 Å². The fourth-order valence-electron chi connectivity index (χ4n) is 4.99. The fourth-order valence-corrected chi connectivity index (χ4v) is 4.99. The van der Waals surface area contributed by atoms with Crippen LogP contribution in [0.15, 0.2) is 85.1 Å². The van der Waals surface area contributed by atoms with Crippen molar-refractivity contribution in [3.05, 3.63) is 102 Å². The van der Waals surface area contributed by atoms with Crippen LogP contribution in [0.25, 0.3) is 10.9 Å². The SMILES string of the molecule is O=C(CCCc1c[nH]c2ccccc12)NCc1ccccc1CN1CCN(c2ccccc2)CC1. The summed E-state index contributed by atoms with van der Waals surface area (Å²) >= 11 is 0. The van der Waals surface area contributed by atoms with E-state index in [1.807, 2.05) is 6.07 Å². The van der Waals surface area contributed by atoms with Gasteiger partial charge in [0.1, 0.15) is 0 Å². The summed E-state index contributed by atoms with van der Waals surface area (Å²) in [5.74, 6) is 0.121. The van der Waals surface area contributed by atoms with Crippen molar-refractivity contribution in [3.8, 4) is 0 Å². The zero-order valence-electron chi connectivity index (χ0n) is 20.2. The molecule has 1 aromatic heterocycles. The Morgan fingerprint density at radius 2 is 1.51 bits per heavy atom. The van der Waals surface area contributed by atoms with Crippen LogP contribution in [0.5, 0.6) is 0 Å². The van der Waals surface area contributed by atoms with E-state index in [-0.39, 0.29) is 5.91 Å². The highest BCUT2D eigenvalue weighted by molar-refractivity contribution is 5.83. The molecule has 4 aromatic rings. The summed E-state index contributed by atoms with van der Waals surface area (Å²) in [7, 11) is 0. The lowest BCUT2D eigenvalue weighted by molar-refractivity contribution is -0.121. The summed E-state index contributed by atoms with van der Waals surface area (Å²) in [4.78, 5) is 20.8. The fraction of sp³-hybridized carbons (Fsp3) is 0.300. The number of hydrogen-bond donors (Lipinski definition) is 2. The molecule has 2 N–H and O–H groups in total. The molecule has 0 aliphatic carbocycles. The third-order valence-electron chi connectivity index (χ3n) is 7.01. The first kappa shape index (κ1) is 23.2. The average molecular weight is 467 g/mol. The molecule has 3 aromatic carbocycles. The summed E-state index contributed by atoms with van der Waals surface area (Å²) < 4.78 is 0. The second-order valence-corrected chi connectivity index (χ2v) is 9.36. The first-order chi connectivity index (χ1) is 17.3. The molecular weight excluding hydrogens is 432 g/mol. The summed E-state index contributed by atoms with van der Waals surface area (Å²) in [6.45, 7) is 5.69. The molecule has 5 rings (SSSR count). The molecule has 35 heavy (non-hydrogen) atoms. The van der Waals surface area contributed by atoms with Gasteiger partial charge in [-0.05, 0) is 47.7 Å². The molecule has 0 radical (unpaired) electrons. The van der Waals surface area contributed by atoms with Crippen molar-refractivity contribution in [1.82, 2.24) is 15.2 Å². The molecule has 1 fully saturated rings. The number of para-hydroxylation sites is 2. The Kier molecular flexibility index (Phi) is 7.44. The molecule has 2 heterocycles. The third kappa shape index (κ3) is 5.92. The number of amides is 1. The predicted octanol–water partition coefficient (Wildman–Crippen LogP) is 5.13. The van der Waals surface area contributed by atoms with Gasteiger partial charge < -0.3 is 15.2 Å². The van der Waals surface area contributed by atoms with E-state index in [4.69, 9.17) is 0 Å². The van der Waals surface area contributed by atoms with Gasteiger partial charge in [0.25, 0.3) is 0 Å². The van der Waals surface area contributed by atoms with Crippen LogP contribution < -0.4 is 10.2 Å². The van der Waals surface area contributed by atoms with Crippen molar-refractivity contribution in [3.63, 3.8) is 0 Å². The number of hydrogen-bond acceptors (Lipinski definition) is 3. The van der Waals surface area contributed by atoms with Crippen molar-refractivity contribution in [1.29, 1.82) is 0 Å². The lowest BCUT2D eigenvalue weighted by Crippen LogP contribution is -2.46. The number of aromatic amines is 1. The second kappa shape index (κ2) is 11.2. The molecule has 1 saturated heterocycles. The maximum atomic E-state index is 12.5. The Morgan fingerprint density at radius 3 is 2.34 bits per heavy atom. The van der Waals surface area contributed by atoms with Gasteiger partial charge in [-0.25, -0.2) is 0 Å². The standard InChI is InChI=1S/C30H34N4O/c35-30(16-8-11-25-22-31-29-15-7-6-14-28(25)29)32-21-24-9-4-5-10-26(24)23-33-17-19-34(20-18-33)27-12-2-1-3-13-27/h1-7,9-10,12-15,22,31H,8,11,16-21,23H2,(H,32,35). The van der Waals surface area contributed by atoms with E-state index in [1.165, 1.54) is 27.8 Å². The minimum absolute atomic E-state index is 0.121. The Morgan fingerprint density at radius 1 is 0.800 bits per heavy atom. The molecular formula is C30H34N4O. The van der Waals surface area contributed by atoms with Gasteiger partial charge in [-0.15, -0.1) is 0 Å². The third-order valence-corrected chi connectivity index (χ3v) is 7.01. The number of H-pyrrole nitrogens is 1. The number of piperazine rings is 1. The van der Waals surface area contributed by atoms with Crippen molar-refractivity contribution < 1.29 is 4.79 Å². The zero-order chi connectivity index (χ0) is 23.9. The maximum Gasteiger partial charge on any atom is 0.220 e. The van der Waals surface area contributed by atoms with E-state index in [2.05, 4.69) is 99.1 Å². The number of rotatable bonds is 9. The van der Waals surface area contributed by atoms with E-state index < -0.39 is 0 Å². The van der Waals surface area contributed by atoms with Gasteiger partial charge in [0.15, 0.2) is 0 Å². The van der Waals surface area contributed by atoms with E-state index in [0.717, 1.165) is 51.1 Å². The average Bonchev–Trinajstić information content (AvgIpc) is 3.32. The second-order valence-electron chi connectivity index (χ2n) is 9.36. The highest BCUT2D eigenvalue weighted by Crippen LogP contribution is 2.20. The number of nitrogens with one attached hydrogen (secondary N) is 2. The quantitative estimate of drug-likeness (QED) is 0.360. The topological polar surface area (TPSA) is 51.4 Å². The van der Waals surface area contributed by atoms with E-state index >= 15 is 0 Å². The van der Waals surface area contributed by atoms with E-state index in [1.54, 1.807) is 0 Å². The molecule has 5 nitrogen and oxygen atoms in total. The van der Waals surface area contributed by atoms with Gasteiger partial charge >= 0.3 is 0 Å². The first-order valence-corrected chi connectivity index (χ1v) is 12.7. The molecule has 0 atom stereocenters. The van der Waals surface area contributed by atoms with Crippen LogP contribution in [0.4, 0.5) is 5.69 Å². The Hall–Kier alpha value is -3.57. The molecule has 1 amide bonds. The van der Waals surface area contributed by atoms with Crippen LogP contribution in [0.1, 0.15) is 29.5 Å². The summed E-state index contributed by atoms with van der Waals surface area (Å²) in [5.41, 5.74) is 6.26. The minimum atomic E-state index is 0.121. The predicted molar refractivity (Wildman–Crippen MR) is 143 cm³/mol. The van der Waals surface area contributed by atoms with Crippen LogP contribution in [0.3, 0.4) is 0 Å². The normalized spacial score (nSPS) is 14.3. The molecule has 1 aliphatic heterocycles. The summed E-state index contributed by atoms with van der Waals surface area (Å²) in [5, 5.41) is 4.40. The molecule has 0 saturated carbocycles. The molecule has 0 unspecified atom stereocenters. The monoisotopic (exact) mass is 466 g/mol. The molecule has 5 heteroatoms. The maximum absolute atomic E-state index is 12.5. The highest BCUT2D eigenvalue weighted by atomic mass is 16.1. The van der Waals surface area contributed by atoms with Crippen LogP contribution in [0, 0.1) is 0 Å². The minimum Gasteiger partial charge on any atom is -0.369 e. The smallest absolute Gasteiger partial charge is 0.220 e. The van der Waals surface area contributed by atoms with Crippen LogP contribution >= 0.6 is 0 Å². The zero-order valence-corrected chi connectivity index (χ0v) is 20.2. The summed E-state index contributed by atoms with van der Waals surface area (Å²) in [6, 6.07) is 27.5. The lowest BCUT2D eigenvalue weighted by Gasteiger charge is -2.36. The molecule has 0 spiro atoms. The number of nitrogens with zero attached hydrogens (tertiary/aromatic N) is 2. The number of carbonyl (C=O) groups excluding carboxylic acids is 1. The van der Waals surface area contributed by atoms with Crippen molar-refractivity contribution in [2.75, 3.05) is 31.1 Å². The van der Waals surface area contributed by atoms with Crippen molar-refractivity contribution >= 4 is 22.5 Å². The Labute approximate surface area is 207 Å². The number of carbonyl (C=O) groups is 1. The number of aromatic nitrogens is 1. The summed E-state index contributed by atoms with van der Waals surface area (Å²) in [6.07, 6.45) is 4.37. The van der Waals surface area contributed by atoms with Gasteiger partial charge in [0, 0.05) is 68.5 Å². The van der Waals surface area contributed by atoms with Gasteiger partial charge in [0.2, 0.25) is 5.91 Å². The Balaban J connectivity index is 1.08. The molecule has 1 aliphatic rings. The number of aryl methyl sites for hydroxylation is 1. The number of anilines is 1. The first-order valence-electron chi connectivity index (χ1n) is 12.7. The van der Waals surface area contributed by atoms with Crippen LogP contribution in [0.2, 0.25) is 0 Å².